The molecule has 23 heavy (non-hydrogen) atoms. The predicted octanol–water partition coefficient (Wildman–Crippen LogP) is 4.15. The molecular formula is C17H18IN3O2. The Labute approximate surface area is 149 Å². The van der Waals surface area contributed by atoms with E-state index in [1.807, 2.05) is 42.5 Å². The third-order valence-corrected chi connectivity index (χ3v) is 3.90. The van der Waals surface area contributed by atoms with E-state index in [4.69, 9.17) is 5.11 Å². The standard InChI is InChI=1S/C17H18IN3O2/c18-13-8-10-14(11-9-13)20-21-16(6-1-2-7-17(22)23)15-5-3-4-12-19-15/h3-5,8-12,20H,1-2,6-7H2,(H,22,23). The molecule has 0 atom stereocenters. The van der Waals surface area contributed by atoms with Crippen molar-refractivity contribution in [2.24, 2.45) is 5.10 Å². The van der Waals surface area contributed by atoms with Crippen LogP contribution in [0.1, 0.15) is 31.4 Å². The van der Waals surface area contributed by atoms with E-state index in [1.54, 1.807) is 6.20 Å². The summed E-state index contributed by atoms with van der Waals surface area (Å²) in [5.41, 5.74) is 5.59. The highest BCUT2D eigenvalue weighted by Gasteiger charge is 2.06. The van der Waals surface area contributed by atoms with Gasteiger partial charge in [-0.2, -0.15) is 5.10 Å². The Balaban J connectivity index is 2.04. The first-order valence-corrected chi connectivity index (χ1v) is 8.44. The van der Waals surface area contributed by atoms with Crippen molar-refractivity contribution in [3.8, 4) is 0 Å². The summed E-state index contributed by atoms with van der Waals surface area (Å²) in [6.45, 7) is 0. The van der Waals surface area contributed by atoms with Crippen LogP contribution in [0.2, 0.25) is 0 Å². The highest BCUT2D eigenvalue weighted by molar-refractivity contribution is 14.1. The molecule has 0 saturated heterocycles. The zero-order chi connectivity index (χ0) is 16.5. The molecule has 2 N–H and O–H groups in total. The molecule has 6 heteroatoms. The van der Waals surface area contributed by atoms with E-state index < -0.39 is 5.97 Å². The minimum absolute atomic E-state index is 0.181. The minimum Gasteiger partial charge on any atom is -0.481 e. The summed E-state index contributed by atoms with van der Waals surface area (Å²) in [5.74, 6) is -0.765. The van der Waals surface area contributed by atoms with Gasteiger partial charge in [0.2, 0.25) is 0 Å². The van der Waals surface area contributed by atoms with Gasteiger partial charge in [-0.3, -0.25) is 15.2 Å². The number of benzene rings is 1. The van der Waals surface area contributed by atoms with E-state index in [9.17, 15) is 4.79 Å². The number of pyridine rings is 1. The van der Waals surface area contributed by atoms with Crippen molar-refractivity contribution in [2.75, 3.05) is 5.43 Å². The number of aliphatic carboxylic acids is 1. The highest BCUT2D eigenvalue weighted by atomic mass is 127. The van der Waals surface area contributed by atoms with Crippen molar-refractivity contribution in [3.63, 3.8) is 0 Å². The molecule has 0 amide bonds. The summed E-state index contributed by atoms with van der Waals surface area (Å²) in [6.07, 6.45) is 3.98. The van der Waals surface area contributed by atoms with Gasteiger partial charge >= 0.3 is 5.97 Å². The SMILES string of the molecule is O=C(O)CCCCC(=NNc1ccc(I)cc1)c1ccccn1. The molecular weight excluding hydrogens is 405 g/mol. The highest BCUT2D eigenvalue weighted by Crippen LogP contribution is 2.13. The van der Waals surface area contributed by atoms with Gasteiger partial charge in [-0.25, -0.2) is 0 Å². The van der Waals surface area contributed by atoms with Crippen LogP contribution in [0, 0.1) is 3.57 Å². The number of rotatable bonds is 8. The fourth-order valence-electron chi connectivity index (χ4n) is 2.00. The Morgan fingerprint density at radius 1 is 1.13 bits per heavy atom. The topological polar surface area (TPSA) is 74.6 Å². The Bertz CT molecular complexity index is 657. The lowest BCUT2D eigenvalue weighted by atomic mass is 10.1. The molecule has 0 radical (unpaired) electrons. The molecule has 5 nitrogen and oxygen atoms in total. The Hall–Kier alpha value is -1.96. The Kier molecular flexibility index (Phi) is 6.99. The molecule has 1 aromatic carbocycles. The fraction of sp³-hybridized carbons (Fsp3) is 0.235. The van der Waals surface area contributed by atoms with Crippen LogP contribution in [0.5, 0.6) is 0 Å². The van der Waals surface area contributed by atoms with Gasteiger partial charge in [0.05, 0.1) is 17.1 Å². The molecule has 1 heterocycles. The second kappa shape index (κ2) is 9.24. The van der Waals surface area contributed by atoms with Gasteiger partial charge in [0.1, 0.15) is 0 Å². The fourth-order valence-corrected chi connectivity index (χ4v) is 2.36. The maximum absolute atomic E-state index is 10.6. The largest absolute Gasteiger partial charge is 0.481 e. The lowest BCUT2D eigenvalue weighted by molar-refractivity contribution is -0.137. The summed E-state index contributed by atoms with van der Waals surface area (Å²) in [4.78, 5) is 14.9. The Morgan fingerprint density at radius 3 is 2.52 bits per heavy atom. The smallest absolute Gasteiger partial charge is 0.303 e. The quantitative estimate of drug-likeness (QED) is 0.290. The number of halogens is 1. The van der Waals surface area contributed by atoms with Crippen LogP contribution in [-0.4, -0.2) is 21.8 Å². The molecule has 0 saturated carbocycles. The summed E-state index contributed by atoms with van der Waals surface area (Å²) in [5, 5.41) is 13.2. The number of hydrogen-bond acceptors (Lipinski definition) is 4. The molecule has 0 bridgehead atoms. The number of hydrogen-bond donors (Lipinski definition) is 2. The van der Waals surface area contributed by atoms with Crippen molar-refractivity contribution < 1.29 is 9.90 Å². The number of unbranched alkanes of at least 4 members (excludes halogenated alkanes) is 1. The number of anilines is 1. The average molecular weight is 423 g/mol. The molecule has 0 aliphatic rings. The second-order valence-electron chi connectivity index (χ2n) is 4.99. The number of nitrogens with one attached hydrogen (secondary N) is 1. The predicted molar refractivity (Wildman–Crippen MR) is 99.7 cm³/mol. The van der Waals surface area contributed by atoms with E-state index in [-0.39, 0.29) is 6.42 Å². The first kappa shape index (κ1) is 17.4. The molecule has 0 aliphatic carbocycles. The molecule has 120 valence electrons. The van der Waals surface area contributed by atoms with Crippen LogP contribution >= 0.6 is 22.6 Å². The molecule has 2 aromatic rings. The van der Waals surface area contributed by atoms with Crippen LogP contribution < -0.4 is 5.43 Å². The minimum atomic E-state index is -0.765. The van der Waals surface area contributed by atoms with Crippen LogP contribution in [0.4, 0.5) is 5.69 Å². The van der Waals surface area contributed by atoms with Gasteiger partial charge in [-0.05, 0) is 78.3 Å². The molecule has 0 unspecified atom stereocenters. The first-order chi connectivity index (χ1) is 11.1. The maximum atomic E-state index is 10.6. The third kappa shape index (κ3) is 6.35. The van der Waals surface area contributed by atoms with Crippen molar-refractivity contribution in [2.45, 2.75) is 25.7 Å². The lowest BCUT2D eigenvalue weighted by Crippen LogP contribution is -2.07. The van der Waals surface area contributed by atoms with Crippen molar-refractivity contribution >= 4 is 40.0 Å². The number of nitrogens with zero attached hydrogens (tertiary/aromatic N) is 2. The Morgan fingerprint density at radius 2 is 1.87 bits per heavy atom. The van der Waals surface area contributed by atoms with Gasteiger partial charge < -0.3 is 5.11 Å². The lowest BCUT2D eigenvalue weighted by Gasteiger charge is -2.07. The van der Waals surface area contributed by atoms with Crippen LogP contribution in [-0.2, 0) is 4.79 Å². The van der Waals surface area contributed by atoms with Gasteiger partial charge in [0.15, 0.2) is 0 Å². The molecule has 2 rings (SSSR count). The molecule has 0 spiro atoms. The number of aromatic nitrogens is 1. The summed E-state index contributed by atoms with van der Waals surface area (Å²) >= 11 is 2.25. The summed E-state index contributed by atoms with van der Waals surface area (Å²) < 4.78 is 1.16. The van der Waals surface area contributed by atoms with Crippen LogP contribution in [0.15, 0.2) is 53.8 Å². The normalized spacial score (nSPS) is 11.3. The second-order valence-corrected chi connectivity index (χ2v) is 6.24. The van der Waals surface area contributed by atoms with E-state index in [1.165, 1.54) is 0 Å². The zero-order valence-electron chi connectivity index (χ0n) is 12.6. The van der Waals surface area contributed by atoms with Gasteiger partial charge in [-0.15, -0.1) is 0 Å². The first-order valence-electron chi connectivity index (χ1n) is 7.36. The van der Waals surface area contributed by atoms with Crippen molar-refractivity contribution in [1.29, 1.82) is 0 Å². The van der Waals surface area contributed by atoms with Gasteiger partial charge in [0, 0.05) is 16.2 Å². The molecule has 0 aliphatic heterocycles. The van der Waals surface area contributed by atoms with E-state index in [2.05, 4.69) is 38.1 Å². The summed E-state index contributed by atoms with van der Waals surface area (Å²) in [7, 11) is 0. The maximum Gasteiger partial charge on any atom is 0.303 e. The molecule has 0 fully saturated rings. The zero-order valence-corrected chi connectivity index (χ0v) is 14.7. The number of carbonyl (C=O) groups is 1. The van der Waals surface area contributed by atoms with Gasteiger partial charge in [-0.1, -0.05) is 6.07 Å². The summed E-state index contributed by atoms with van der Waals surface area (Å²) in [6, 6.07) is 13.6. The van der Waals surface area contributed by atoms with E-state index in [0.717, 1.165) is 27.1 Å². The molecule has 1 aromatic heterocycles. The number of hydrazone groups is 1. The third-order valence-electron chi connectivity index (χ3n) is 3.18. The number of carboxylic acid groups (broad SMARTS) is 1. The average Bonchev–Trinajstić information content (AvgIpc) is 2.56. The van der Waals surface area contributed by atoms with Crippen molar-refractivity contribution in [1.82, 2.24) is 4.98 Å². The van der Waals surface area contributed by atoms with Crippen LogP contribution in [0.25, 0.3) is 0 Å². The van der Waals surface area contributed by atoms with Gasteiger partial charge in [0.25, 0.3) is 0 Å². The van der Waals surface area contributed by atoms with Crippen molar-refractivity contribution in [3.05, 3.63) is 57.9 Å². The van der Waals surface area contributed by atoms with Crippen LogP contribution in [0.3, 0.4) is 0 Å². The monoisotopic (exact) mass is 423 g/mol. The number of carboxylic acids is 1. The van der Waals surface area contributed by atoms with E-state index >= 15 is 0 Å². The van der Waals surface area contributed by atoms with E-state index in [0.29, 0.717) is 12.8 Å².